The van der Waals surface area contributed by atoms with Crippen molar-refractivity contribution >= 4 is 7.26 Å². The molecule has 0 aliphatic carbocycles. The molecule has 23 heavy (non-hydrogen) atoms. The molecule has 0 heterocycles. The fraction of sp³-hybridized carbons (Fsp3) is 1.00. The van der Waals surface area contributed by atoms with Crippen LogP contribution in [0, 0.1) is 0 Å². The van der Waals surface area contributed by atoms with Gasteiger partial charge in [-0.1, -0.05) is 85.5 Å². The molecule has 0 fully saturated rings. The second-order valence-electron chi connectivity index (χ2n) is 7.77. The Morgan fingerprint density at radius 2 is 0.652 bits per heavy atom. The van der Waals surface area contributed by atoms with E-state index in [1.54, 1.807) is 31.1 Å². The largest absolute Gasteiger partial charge is 0.0654 e. The van der Waals surface area contributed by atoms with Crippen molar-refractivity contribution in [1.29, 1.82) is 0 Å². The molecule has 1 heteroatoms. The SMILES string of the molecule is CCCCCCCCCC[P+](CCCC)(CCCC)CCCC. The number of unbranched alkanes of at least 4 members (excludes halogenated alkanes) is 10. The van der Waals surface area contributed by atoms with Gasteiger partial charge in [0, 0.05) is 7.26 Å². The van der Waals surface area contributed by atoms with Gasteiger partial charge in [0.25, 0.3) is 0 Å². The molecule has 0 saturated carbocycles. The normalized spacial score (nSPS) is 12.0. The first-order valence-electron chi connectivity index (χ1n) is 11.1. The van der Waals surface area contributed by atoms with Crippen molar-refractivity contribution < 1.29 is 0 Å². The van der Waals surface area contributed by atoms with E-state index in [0.29, 0.717) is 0 Å². The van der Waals surface area contributed by atoms with E-state index in [4.69, 9.17) is 0 Å². The summed E-state index contributed by atoms with van der Waals surface area (Å²) in [6, 6.07) is 0. The lowest BCUT2D eigenvalue weighted by molar-refractivity contribution is 0.585. The molecule has 0 rings (SSSR count). The van der Waals surface area contributed by atoms with E-state index in [1.807, 2.05) is 0 Å². The first-order chi connectivity index (χ1) is 11.2. The molecule has 0 radical (unpaired) electrons. The summed E-state index contributed by atoms with van der Waals surface area (Å²) >= 11 is 0. The standard InChI is InChI=1S/C22H48P/c1-5-9-13-14-15-16-17-18-22-23(19-10-6-2,20-11-7-3)21-12-8-4/h5-22H2,1-4H3/q+1. The van der Waals surface area contributed by atoms with Gasteiger partial charge < -0.3 is 0 Å². The highest BCUT2D eigenvalue weighted by molar-refractivity contribution is 7.75. The quantitative estimate of drug-likeness (QED) is 0.173. The van der Waals surface area contributed by atoms with Crippen LogP contribution in [-0.2, 0) is 0 Å². The zero-order valence-electron chi connectivity index (χ0n) is 17.2. The van der Waals surface area contributed by atoms with Gasteiger partial charge in [-0.2, -0.15) is 0 Å². The third-order valence-corrected chi connectivity index (χ3v) is 10.5. The Morgan fingerprint density at radius 1 is 0.348 bits per heavy atom. The maximum Gasteiger partial charge on any atom is 0.0594 e. The van der Waals surface area contributed by atoms with Crippen molar-refractivity contribution in [3.63, 3.8) is 0 Å². The van der Waals surface area contributed by atoms with Crippen LogP contribution >= 0.6 is 7.26 Å². The Hall–Kier alpha value is 0.430. The smallest absolute Gasteiger partial charge is 0.0594 e. The van der Waals surface area contributed by atoms with Crippen molar-refractivity contribution in [3.8, 4) is 0 Å². The summed E-state index contributed by atoms with van der Waals surface area (Å²) in [5.41, 5.74) is 0. The Bertz CT molecular complexity index is 202. The molecule has 0 unspecified atom stereocenters. The Balaban J connectivity index is 4.14. The molecular weight excluding hydrogens is 295 g/mol. The second kappa shape index (κ2) is 17.3. The lowest BCUT2D eigenvalue weighted by Gasteiger charge is -2.28. The number of hydrogen-bond donors (Lipinski definition) is 0. The van der Waals surface area contributed by atoms with Crippen molar-refractivity contribution in [3.05, 3.63) is 0 Å². The van der Waals surface area contributed by atoms with Crippen LogP contribution in [0.2, 0.25) is 0 Å². The van der Waals surface area contributed by atoms with Gasteiger partial charge in [-0.15, -0.1) is 0 Å². The second-order valence-corrected chi connectivity index (χ2v) is 12.2. The van der Waals surface area contributed by atoms with Crippen LogP contribution in [0.15, 0.2) is 0 Å². The molecule has 0 saturated heterocycles. The predicted molar refractivity (Wildman–Crippen MR) is 114 cm³/mol. The molecule has 0 bridgehead atoms. The molecule has 0 aliphatic heterocycles. The molecular formula is C22H48P+. The molecule has 0 spiro atoms. The minimum absolute atomic E-state index is 0.612. The van der Waals surface area contributed by atoms with Crippen molar-refractivity contribution in [1.82, 2.24) is 0 Å². The van der Waals surface area contributed by atoms with Crippen LogP contribution in [0.5, 0.6) is 0 Å². The first-order valence-corrected chi connectivity index (χ1v) is 13.6. The predicted octanol–water partition coefficient (Wildman–Crippen LogP) is 8.55. The molecule has 0 aliphatic rings. The highest BCUT2D eigenvalue weighted by atomic mass is 31.2. The zero-order valence-corrected chi connectivity index (χ0v) is 18.1. The fourth-order valence-corrected chi connectivity index (χ4v) is 8.93. The van der Waals surface area contributed by atoms with Crippen LogP contribution in [0.1, 0.15) is 118 Å². The highest BCUT2D eigenvalue weighted by Crippen LogP contribution is 2.61. The van der Waals surface area contributed by atoms with Crippen LogP contribution in [0.3, 0.4) is 0 Å². The summed E-state index contributed by atoms with van der Waals surface area (Å²) in [7, 11) is -0.612. The first kappa shape index (κ1) is 23.4. The summed E-state index contributed by atoms with van der Waals surface area (Å²) in [6.45, 7) is 9.45. The van der Waals surface area contributed by atoms with Gasteiger partial charge in [-0.3, -0.25) is 0 Å². The van der Waals surface area contributed by atoms with E-state index < -0.39 is 7.26 Å². The van der Waals surface area contributed by atoms with E-state index >= 15 is 0 Å². The van der Waals surface area contributed by atoms with Gasteiger partial charge in [0.1, 0.15) is 0 Å². The van der Waals surface area contributed by atoms with Gasteiger partial charge in [0.2, 0.25) is 0 Å². The van der Waals surface area contributed by atoms with E-state index in [-0.39, 0.29) is 0 Å². The average molecular weight is 344 g/mol. The molecule has 0 N–H and O–H groups in total. The third kappa shape index (κ3) is 13.4. The van der Waals surface area contributed by atoms with Gasteiger partial charge in [0.05, 0.1) is 24.6 Å². The van der Waals surface area contributed by atoms with Gasteiger partial charge >= 0.3 is 0 Å². The summed E-state index contributed by atoms with van der Waals surface area (Å²) in [6.07, 6.45) is 27.0. The number of rotatable bonds is 18. The fourth-order valence-electron chi connectivity index (χ4n) is 3.73. The Labute approximate surface area is 149 Å². The van der Waals surface area contributed by atoms with Crippen molar-refractivity contribution in [2.24, 2.45) is 0 Å². The maximum atomic E-state index is 2.38. The van der Waals surface area contributed by atoms with Crippen LogP contribution < -0.4 is 0 Å². The van der Waals surface area contributed by atoms with Crippen LogP contribution in [-0.4, -0.2) is 24.6 Å². The molecule has 140 valence electrons. The minimum atomic E-state index is -0.612. The summed E-state index contributed by atoms with van der Waals surface area (Å²) in [5, 5.41) is 0. The Morgan fingerprint density at radius 3 is 1.04 bits per heavy atom. The number of hydrogen-bond acceptors (Lipinski definition) is 0. The topological polar surface area (TPSA) is 0 Å². The van der Waals surface area contributed by atoms with Crippen molar-refractivity contribution in [2.45, 2.75) is 118 Å². The Kier molecular flexibility index (Phi) is 17.6. The molecule has 0 aromatic rings. The zero-order chi connectivity index (χ0) is 17.2. The summed E-state index contributed by atoms with van der Waals surface area (Å²) in [4.78, 5) is 0. The monoisotopic (exact) mass is 343 g/mol. The van der Waals surface area contributed by atoms with E-state index in [0.717, 1.165) is 0 Å². The van der Waals surface area contributed by atoms with E-state index in [2.05, 4.69) is 27.7 Å². The van der Waals surface area contributed by atoms with Crippen LogP contribution in [0.25, 0.3) is 0 Å². The van der Waals surface area contributed by atoms with E-state index in [9.17, 15) is 0 Å². The highest BCUT2D eigenvalue weighted by Gasteiger charge is 2.34. The van der Waals surface area contributed by atoms with Gasteiger partial charge in [0.15, 0.2) is 0 Å². The lowest BCUT2D eigenvalue weighted by atomic mass is 10.1. The molecule has 0 nitrogen and oxygen atoms in total. The summed E-state index contributed by atoms with van der Waals surface area (Å²) < 4.78 is 0. The molecule has 0 atom stereocenters. The molecule has 0 amide bonds. The van der Waals surface area contributed by atoms with Crippen molar-refractivity contribution in [2.75, 3.05) is 24.6 Å². The molecule has 0 aromatic carbocycles. The maximum absolute atomic E-state index is 2.38. The minimum Gasteiger partial charge on any atom is -0.0654 e. The average Bonchev–Trinajstić information content (AvgIpc) is 2.58. The lowest BCUT2D eigenvalue weighted by Crippen LogP contribution is -2.13. The van der Waals surface area contributed by atoms with Gasteiger partial charge in [-0.05, 0) is 32.1 Å². The van der Waals surface area contributed by atoms with Crippen LogP contribution in [0.4, 0.5) is 0 Å². The van der Waals surface area contributed by atoms with E-state index in [1.165, 1.54) is 83.5 Å². The molecule has 0 aromatic heterocycles. The summed E-state index contributed by atoms with van der Waals surface area (Å²) in [5.74, 6) is 0. The van der Waals surface area contributed by atoms with Gasteiger partial charge in [-0.25, -0.2) is 0 Å². The third-order valence-electron chi connectivity index (χ3n) is 5.44.